The Morgan fingerprint density at radius 2 is 2.18 bits per heavy atom. The standard InChI is InChI=1S/C13H20N2O2/c1-11(17)12-6-7-14-13(10-12)15(2)8-4-3-5-9-16/h6-7,10,16H,3-5,8-9H2,1-2H3. The van der Waals surface area contributed by atoms with E-state index in [4.69, 9.17) is 5.11 Å². The lowest BCUT2D eigenvalue weighted by Gasteiger charge is -2.18. The zero-order chi connectivity index (χ0) is 12.7. The Bertz CT molecular complexity index is 366. The number of ketones is 1. The van der Waals surface area contributed by atoms with Gasteiger partial charge in [0.1, 0.15) is 5.82 Å². The summed E-state index contributed by atoms with van der Waals surface area (Å²) < 4.78 is 0. The van der Waals surface area contributed by atoms with Gasteiger partial charge in [0.15, 0.2) is 5.78 Å². The van der Waals surface area contributed by atoms with Gasteiger partial charge in [-0.25, -0.2) is 4.98 Å². The van der Waals surface area contributed by atoms with E-state index in [0.717, 1.165) is 31.6 Å². The fourth-order valence-corrected chi connectivity index (χ4v) is 1.60. The van der Waals surface area contributed by atoms with E-state index in [1.807, 2.05) is 18.0 Å². The topological polar surface area (TPSA) is 53.4 Å². The van der Waals surface area contributed by atoms with E-state index in [-0.39, 0.29) is 12.4 Å². The van der Waals surface area contributed by atoms with Gasteiger partial charge >= 0.3 is 0 Å². The summed E-state index contributed by atoms with van der Waals surface area (Å²) in [6, 6.07) is 3.54. The van der Waals surface area contributed by atoms with Crippen molar-refractivity contribution < 1.29 is 9.90 Å². The van der Waals surface area contributed by atoms with E-state index < -0.39 is 0 Å². The lowest BCUT2D eigenvalue weighted by atomic mass is 10.2. The number of rotatable bonds is 7. The van der Waals surface area contributed by atoms with Crippen molar-refractivity contribution in [3.05, 3.63) is 23.9 Å². The predicted octanol–water partition coefficient (Wildman–Crippen LogP) is 1.88. The van der Waals surface area contributed by atoms with Crippen molar-refractivity contribution in [2.75, 3.05) is 25.1 Å². The number of carbonyl (C=O) groups excluding carboxylic acids is 1. The Labute approximate surface area is 102 Å². The molecule has 0 saturated heterocycles. The van der Waals surface area contributed by atoms with Crippen molar-refractivity contribution in [2.45, 2.75) is 26.2 Å². The van der Waals surface area contributed by atoms with Crippen LogP contribution in [0.2, 0.25) is 0 Å². The molecule has 4 heteroatoms. The van der Waals surface area contributed by atoms with E-state index in [0.29, 0.717) is 5.56 Å². The first-order valence-electron chi connectivity index (χ1n) is 5.94. The highest BCUT2D eigenvalue weighted by molar-refractivity contribution is 5.94. The second kappa shape index (κ2) is 7.01. The number of Topliss-reactive ketones (excluding diaryl/α,β-unsaturated/α-hetero) is 1. The Morgan fingerprint density at radius 3 is 2.82 bits per heavy atom. The van der Waals surface area contributed by atoms with Gasteiger partial charge in [0.25, 0.3) is 0 Å². The molecule has 1 N–H and O–H groups in total. The van der Waals surface area contributed by atoms with Crippen molar-refractivity contribution >= 4 is 11.6 Å². The van der Waals surface area contributed by atoms with E-state index in [1.54, 1.807) is 19.2 Å². The van der Waals surface area contributed by atoms with Crippen LogP contribution < -0.4 is 4.90 Å². The number of pyridine rings is 1. The third-order valence-electron chi connectivity index (χ3n) is 2.69. The third kappa shape index (κ3) is 4.53. The fraction of sp³-hybridized carbons (Fsp3) is 0.538. The lowest BCUT2D eigenvalue weighted by molar-refractivity contribution is 0.101. The molecule has 94 valence electrons. The molecule has 0 aromatic carbocycles. The number of carbonyl (C=O) groups is 1. The zero-order valence-electron chi connectivity index (χ0n) is 10.5. The molecule has 17 heavy (non-hydrogen) atoms. The second-order valence-electron chi connectivity index (χ2n) is 4.16. The monoisotopic (exact) mass is 236 g/mol. The molecular weight excluding hydrogens is 216 g/mol. The minimum absolute atomic E-state index is 0.0577. The smallest absolute Gasteiger partial charge is 0.159 e. The second-order valence-corrected chi connectivity index (χ2v) is 4.16. The summed E-state index contributed by atoms with van der Waals surface area (Å²) in [7, 11) is 1.96. The summed E-state index contributed by atoms with van der Waals surface area (Å²) in [5.74, 6) is 0.879. The molecule has 1 rings (SSSR count). The van der Waals surface area contributed by atoms with Crippen LogP contribution in [-0.4, -0.2) is 36.1 Å². The van der Waals surface area contributed by atoms with Gasteiger partial charge in [0, 0.05) is 32.0 Å². The van der Waals surface area contributed by atoms with Crippen LogP contribution in [0.4, 0.5) is 5.82 Å². The van der Waals surface area contributed by atoms with Crippen LogP contribution >= 0.6 is 0 Å². The average molecular weight is 236 g/mol. The number of aliphatic hydroxyl groups excluding tert-OH is 1. The molecule has 1 aromatic heterocycles. The maximum Gasteiger partial charge on any atom is 0.159 e. The van der Waals surface area contributed by atoms with Crippen molar-refractivity contribution in [2.24, 2.45) is 0 Å². The van der Waals surface area contributed by atoms with Gasteiger partial charge < -0.3 is 10.0 Å². The van der Waals surface area contributed by atoms with E-state index in [9.17, 15) is 4.79 Å². The zero-order valence-corrected chi connectivity index (χ0v) is 10.5. The number of unbranched alkanes of at least 4 members (excludes halogenated alkanes) is 2. The molecule has 0 amide bonds. The quantitative estimate of drug-likeness (QED) is 0.580. The molecule has 0 spiro atoms. The summed E-state index contributed by atoms with van der Waals surface area (Å²) >= 11 is 0. The maximum atomic E-state index is 11.2. The average Bonchev–Trinajstić information content (AvgIpc) is 2.34. The van der Waals surface area contributed by atoms with E-state index >= 15 is 0 Å². The molecule has 1 aromatic rings. The normalized spacial score (nSPS) is 10.3. The molecule has 0 unspecified atom stereocenters. The molecule has 4 nitrogen and oxygen atoms in total. The minimum atomic E-state index is 0.0577. The number of anilines is 1. The highest BCUT2D eigenvalue weighted by atomic mass is 16.2. The molecule has 0 saturated carbocycles. The number of hydrogen-bond acceptors (Lipinski definition) is 4. The summed E-state index contributed by atoms with van der Waals surface area (Å²) in [5, 5.41) is 8.68. The van der Waals surface area contributed by atoms with Crippen molar-refractivity contribution in [3.8, 4) is 0 Å². The van der Waals surface area contributed by atoms with Gasteiger partial charge in [-0.2, -0.15) is 0 Å². The van der Waals surface area contributed by atoms with Crippen molar-refractivity contribution in [1.29, 1.82) is 0 Å². The van der Waals surface area contributed by atoms with Gasteiger partial charge in [-0.3, -0.25) is 4.79 Å². The van der Waals surface area contributed by atoms with Crippen LogP contribution in [0, 0.1) is 0 Å². The van der Waals surface area contributed by atoms with E-state index in [1.165, 1.54) is 0 Å². The Kier molecular flexibility index (Phi) is 5.63. The van der Waals surface area contributed by atoms with Gasteiger partial charge in [-0.1, -0.05) is 0 Å². The molecule has 0 fully saturated rings. The maximum absolute atomic E-state index is 11.2. The minimum Gasteiger partial charge on any atom is -0.396 e. The Balaban J connectivity index is 2.53. The Morgan fingerprint density at radius 1 is 1.41 bits per heavy atom. The van der Waals surface area contributed by atoms with Crippen molar-refractivity contribution in [3.63, 3.8) is 0 Å². The first-order chi connectivity index (χ1) is 8.15. The highest BCUT2D eigenvalue weighted by Crippen LogP contribution is 2.12. The molecule has 0 aliphatic heterocycles. The molecule has 0 bridgehead atoms. The van der Waals surface area contributed by atoms with Crippen molar-refractivity contribution in [1.82, 2.24) is 4.98 Å². The van der Waals surface area contributed by atoms with Gasteiger partial charge in [0.2, 0.25) is 0 Å². The lowest BCUT2D eigenvalue weighted by Crippen LogP contribution is -2.20. The molecule has 0 aliphatic rings. The summed E-state index contributed by atoms with van der Waals surface area (Å²) in [6.45, 7) is 2.69. The Hall–Kier alpha value is -1.42. The molecule has 0 atom stereocenters. The third-order valence-corrected chi connectivity index (χ3v) is 2.69. The predicted molar refractivity (Wildman–Crippen MR) is 68.4 cm³/mol. The SMILES string of the molecule is CC(=O)c1ccnc(N(C)CCCCCO)c1. The highest BCUT2D eigenvalue weighted by Gasteiger charge is 2.05. The van der Waals surface area contributed by atoms with Crippen LogP contribution in [0.25, 0.3) is 0 Å². The largest absolute Gasteiger partial charge is 0.396 e. The first kappa shape index (κ1) is 13.6. The summed E-state index contributed by atoms with van der Waals surface area (Å²) in [5.41, 5.74) is 0.692. The molecule has 1 heterocycles. The van der Waals surface area contributed by atoms with E-state index in [2.05, 4.69) is 4.98 Å². The van der Waals surface area contributed by atoms with Crippen LogP contribution in [0.15, 0.2) is 18.3 Å². The number of hydrogen-bond donors (Lipinski definition) is 1. The molecular formula is C13H20N2O2. The number of aliphatic hydroxyl groups is 1. The number of nitrogens with zero attached hydrogens (tertiary/aromatic N) is 2. The molecule has 0 radical (unpaired) electrons. The van der Waals surface area contributed by atoms with Crippen LogP contribution in [0.5, 0.6) is 0 Å². The number of aromatic nitrogens is 1. The first-order valence-corrected chi connectivity index (χ1v) is 5.94. The summed E-state index contributed by atoms with van der Waals surface area (Å²) in [6.07, 6.45) is 4.53. The van der Waals surface area contributed by atoms with Crippen LogP contribution in [-0.2, 0) is 0 Å². The summed E-state index contributed by atoms with van der Waals surface area (Å²) in [4.78, 5) is 17.5. The molecule has 0 aliphatic carbocycles. The van der Waals surface area contributed by atoms with Crippen LogP contribution in [0.3, 0.4) is 0 Å². The van der Waals surface area contributed by atoms with Gasteiger partial charge in [0.05, 0.1) is 0 Å². The van der Waals surface area contributed by atoms with Gasteiger partial charge in [-0.15, -0.1) is 0 Å². The van der Waals surface area contributed by atoms with Gasteiger partial charge in [-0.05, 0) is 38.3 Å². The fourth-order valence-electron chi connectivity index (χ4n) is 1.60. The van der Waals surface area contributed by atoms with Crippen LogP contribution in [0.1, 0.15) is 36.5 Å².